The molecule has 0 bridgehead atoms. The molecule has 1 atom stereocenters. The van der Waals surface area contributed by atoms with Crippen molar-refractivity contribution in [2.45, 2.75) is 11.7 Å². The van der Waals surface area contributed by atoms with E-state index in [4.69, 9.17) is 14.2 Å². The summed E-state index contributed by atoms with van der Waals surface area (Å²) in [5, 5.41) is 0. The quantitative estimate of drug-likeness (QED) is 0.437. The zero-order chi connectivity index (χ0) is 19.8. The van der Waals surface area contributed by atoms with Crippen LogP contribution in [0.3, 0.4) is 0 Å². The average Bonchev–Trinajstić information content (AvgIpc) is 2.78. The Morgan fingerprint density at radius 1 is 0.750 bits per heavy atom. The van der Waals surface area contributed by atoms with Gasteiger partial charge >= 0.3 is 5.97 Å². The molecule has 0 amide bonds. The number of carbonyl (C=O) groups excluding carboxylic acids is 1. The number of carbonyl (C=O) groups is 1. The first-order chi connectivity index (χ1) is 13.7. The fraction of sp³-hybridized carbons (Fsp3) is 0.208. The Kier molecular flexibility index (Phi) is 6.58. The molecule has 28 heavy (non-hydrogen) atoms. The second kappa shape index (κ2) is 9.31. The van der Waals surface area contributed by atoms with Crippen molar-refractivity contribution < 1.29 is 19.0 Å². The van der Waals surface area contributed by atoms with Crippen LogP contribution in [0.4, 0.5) is 0 Å². The van der Waals surface area contributed by atoms with E-state index in [-0.39, 0.29) is 6.61 Å². The largest absolute Gasteiger partial charge is 0.467 e. The summed E-state index contributed by atoms with van der Waals surface area (Å²) in [4.78, 5) is 12.0. The van der Waals surface area contributed by atoms with E-state index in [1.165, 1.54) is 14.2 Å². The molecule has 3 aromatic carbocycles. The highest BCUT2D eigenvalue weighted by molar-refractivity contribution is 5.74. The van der Waals surface area contributed by atoms with Gasteiger partial charge in [0.1, 0.15) is 5.60 Å². The number of methoxy groups -OCH3 is 2. The van der Waals surface area contributed by atoms with Gasteiger partial charge in [-0.15, -0.1) is 0 Å². The van der Waals surface area contributed by atoms with Crippen molar-refractivity contribution >= 4 is 5.97 Å². The van der Waals surface area contributed by atoms with Crippen LogP contribution in [0, 0.1) is 0 Å². The summed E-state index contributed by atoms with van der Waals surface area (Å²) in [5.74, 6) is -0.467. The normalized spacial score (nSPS) is 12.4. The van der Waals surface area contributed by atoms with E-state index in [0.717, 1.165) is 16.7 Å². The van der Waals surface area contributed by atoms with Crippen LogP contribution in [0.5, 0.6) is 0 Å². The van der Waals surface area contributed by atoms with Gasteiger partial charge in [-0.05, 0) is 16.7 Å². The van der Waals surface area contributed by atoms with E-state index in [1.807, 2.05) is 91.0 Å². The van der Waals surface area contributed by atoms with Crippen molar-refractivity contribution in [3.63, 3.8) is 0 Å². The molecular formula is C24H24O4. The predicted octanol–water partition coefficient (Wildman–Crippen LogP) is 4.18. The summed E-state index contributed by atoms with van der Waals surface area (Å²) >= 11 is 0. The first-order valence-electron chi connectivity index (χ1n) is 9.13. The van der Waals surface area contributed by atoms with E-state index in [0.29, 0.717) is 0 Å². The van der Waals surface area contributed by atoms with E-state index >= 15 is 0 Å². The predicted molar refractivity (Wildman–Crippen MR) is 108 cm³/mol. The highest BCUT2D eigenvalue weighted by Crippen LogP contribution is 2.40. The molecule has 0 spiro atoms. The maximum Gasteiger partial charge on any atom is 0.337 e. The van der Waals surface area contributed by atoms with Gasteiger partial charge in [-0.2, -0.15) is 0 Å². The lowest BCUT2D eigenvalue weighted by Gasteiger charge is -2.36. The Hall–Kier alpha value is -2.95. The van der Waals surface area contributed by atoms with E-state index < -0.39 is 17.7 Å². The summed E-state index contributed by atoms with van der Waals surface area (Å²) in [6, 6.07) is 30.0. The molecule has 4 heteroatoms. The van der Waals surface area contributed by atoms with Crippen molar-refractivity contribution in [3.05, 3.63) is 108 Å². The summed E-state index contributed by atoms with van der Waals surface area (Å²) in [7, 11) is 2.81. The van der Waals surface area contributed by atoms with Gasteiger partial charge in [-0.1, -0.05) is 91.0 Å². The second-order valence-electron chi connectivity index (χ2n) is 6.34. The molecule has 0 heterocycles. The summed E-state index contributed by atoms with van der Waals surface area (Å²) in [5.41, 5.74) is 2.00. The van der Waals surface area contributed by atoms with Gasteiger partial charge < -0.3 is 14.2 Å². The van der Waals surface area contributed by atoms with Crippen LogP contribution in [0.25, 0.3) is 0 Å². The first-order valence-corrected chi connectivity index (χ1v) is 9.13. The smallest absolute Gasteiger partial charge is 0.337 e. The molecule has 0 saturated heterocycles. The van der Waals surface area contributed by atoms with Gasteiger partial charge in [-0.3, -0.25) is 0 Å². The van der Waals surface area contributed by atoms with Crippen LogP contribution >= 0.6 is 0 Å². The van der Waals surface area contributed by atoms with Crippen LogP contribution in [0.2, 0.25) is 0 Å². The topological polar surface area (TPSA) is 44.8 Å². The summed E-state index contributed by atoms with van der Waals surface area (Å²) in [6.45, 7) is 0.0435. The number of benzene rings is 3. The van der Waals surface area contributed by atoms with Crippen molar-refractivity contribution in [2.24, 2.45) is 0 Å². The molecular weight excluding hydrogens is 352 g/mol. The zero-order valence-electron chi connectivity index (χ0n) is 16.1. The van der Waals surface area contributed by atoms with Crippen molar-refractivity contribution in [3.8, 4) is 0 Å². The maximum atomic E-state index is 12.0. The molecule has 0 aliphatic carbocycles. The van der Waals surface area contributed by atoms with Gasteiger partial charge in [0.25, 0.3) is 0 Å². The SMILES string of the molecule is COC(=O)[C@H](COC(c1ccccc1)(c1ccccc1)c1ccccc1)OC. The lowest BCUT2D eigenvalue weighted by Crippen LogP contribution is -2.38. The Labute approximate surface area is 165 Å². The van der Waals surface area contributed by atoms with E-state index in [1.54, 1.807) is 0 Å². The molecule has 4 nitrogen and oxygen atoms in total. The van der Waals surface area contributed by atoms with Crippen LogP contribution in [0.1, 0.15) is 16.7 Å². The van der Waals surface area contributed by atoms with Gasteiger partial charge in [-0.25, -0.2) is 4.79 Å². The minimum atomic E-state index is -0.894. The fourth-order valence-corrected chi connectivity index (χ4v) is 3.33. The molecule has 0 N–H and O–H groups in total. The molecule has 0 unspecified atom stereocenters. The second-order valence-corrected chi connectivity index (χ2v) is 6.34. The van der Waals surface area contributed by atoms with Crippen LogP contribution in [-0.2, 0) is 24.6 Å². The highest BCUT2D eigenvalue weighted by Gasteiger charge is 2.39. The number of hydrogen-bond donors (Lipinski definition) is 0. The molecule has 0 fully saturated rings. The van der Waals surface area contributed by atoms with Gasteiger partial charge in [0.2, 0.25) is 0 Å². The molecule has 0 aromatic heterocycles. The van der Waals surface area contributed by atoms with Crippen LogP contribution in [0.15, 0.2) is 91.0 Å². The zero-order valence-corrected chi connectivity index (χ0v) is 16.1. The van der Waals surface area contributed by atoms with E-state index in [9.17, 15) is 4.79 Å². The molecule has 0 saturated carbocycles. The minimum absolute atomic E-state index is 0.0435. The third-order valence-corrected chi connectivity index (χ3v) is 4.74. The standard InChI is InChI=1S/C24H24O4/c1-26-22(23(25)27-2)18-28-24(19-12-6-3-7-13-19,20-14-8-4-9-15-20)21-16-10-5-11-17-21/h3-17,22H,18H2,1-2H3/t22-/m0/s1. The molecule has 0 aliphatic heterocycles. The Morgan fingerprint density at radius 2 is 1.14 bits per heavy atom. The average molecular weight is 376 g/mol. The third-order valence-electron chi connectivity index (χ3n) is 4.74. The van der Waals surface area contributed by atoms with Gasteiger partial charge in [0, 0.05) is 7.11 Å². The number of rotatable bonds is 8. The van der Waals surface area contributed by atoms with Crippen LogP contribution in [-0.4, -0.2) is 32.9 Å². The Bertz CT molecular complexity index is 766. The number of ether oxygens (including phenoxy) is 3. The van der Waals surface area contributed by atoms with Crippen LogP contribution < -0.4 is 0 Å². The third kappa shape index (κ3) is 3.98. The first kappa shape index (κ1) is 19.8. The van der Waals surface area contributed by atoms with E-state index in [2.05, 4.69) is 0 Å². The Balaban J connectivity index is 2.15. The highest BCUT2D eigenvalue weighted by atomic mass is 16.6. The fourth-order valence-electron chi connectivity index (χ4n) is 3.33. The monoisotopic (exact) mass is 376 g/mol. The summed E-state index contributed by atoms with van der Waals surface area (Å²) in [6.07, 6.45) is -0.819. The Morgan fingerprint density at radius 3 is 1.46 bits per heavy atom. The molecule has 3 rings (SSSR count). The van der Waals surface area contributed by atoms with Gasteiger partial charge in [0.05, 0.1) is 13.7 Å². The maximum absolute atomic E-state index is 12.0. The summed E-state index contributed by atoms with van der Waals surface area (Å²) < 4.78 is 16.7. The van der Waals surface area contributed by atoms with Gasteiger partial charge in [0.15, 0.2) is 6.10 Å². The molecule has 0 radical (unpaired) electrons. The lowest BCUT2D eigenvalue weighted by molar-refractivity contribution is -0.158. The van der Waals surface area contributed by atoms with Crippen molar-refractivity contribution in [1.82, 2.24) is 0 Å². The minimum Gasteiger partial charge on any atom is -0.467 e. The number of esters is 1. The number of hydrogen-bond acceptors (Lipinski definition) is 4. The van der Waals surface area contributed by atoms with Crippen molar-refractivity contribution in [2.75, 3.05) is 20.8 Å². The van der Waals surface area contributed by atoms with Crippen molar-refractivity contribution in [1.29, 1.82) is 0 Å². The molecule has 0 aliphatic rings. The molecule has 144 valence electrons. The molecule has 3 aromatic rings. The lowest BCUT2D eigenvalue weighted by atomic mass is 9.80.